The number of carbonyl (C=O) groups is 4. The molecule has 0 aliphatic carbocycles. The van der Waals surface area contributed by atoms with Gasteiger partial charge in [-0.3, -0.25) is 19.2 Å². The molecular weight excluding hydrogens is 874 g/mol. The highest BCUT2D eigenvalue weighted by Gasteiger charge is 2.41. The van der Waals surface area contributed by atoms with Crippen molar-refractivity contribution < 1.29 is 42.0 Å². The number of piperidine rings is 1. The Morgan fingerprint density at radius 2 is 1.53 bits per heavy atom. The Morgan fingerprint density at radius 1 is 0.864 bits per heavy atom. The number of halogens is 3. The SMILES string of the molecule is CC(C)[C@H](NC(=O)[C@@H](O)[C@H](N)Cc1ccccc1)C(=O)NCCCCCCCC(=O)N1CCC(CNC(=O)c2cccc(-c3noc(C(F)(F)F)n3)c2)(c2nc(-c3ccccc3)cs2)CC1. The predicted octanol–water partition coefficient (Wildman–Crippen LogP) is 6.70. The van der Waals surface area contributed by atoms with Gasteiger partial charge in [0.15, 0.2) is 0 Å². The molecule has 0 bridgehead atoms. The first kappa shape index (κ1) is 49.5. The number of nitrogens with two attached hydrogens (primary N) is 1. The molecule has 0 spiro atoms. The van der Waals surface area contributed by atoms with Crippen molar-refractivity contribution in [2.45, 2.75) is 101 Å². The summed E-state index contributed by atoms with van der Waals surface area (Å²) in [6, 6.07) is 23.4. The zero-order chi connectivity index (χ0) is 47.3. The lowest BCUT2D eigenvalue weighted by Crippen LogP contribution is -2.55. The highest BCUT2D eigenvalue weighted by Crippen LogP contribution is 2.39. The van der Waals surface area contributed by atoms with Crippen LogP contribution in [0.2, 0.25) is 0 Å². The molecule has 3 aromatic carbocycles. The molecule has 3 heterocycles. The van der Waals surface area contributed by atoms with Gasteiger partial charge in [0.2, 0.25) is 17.6 Å². The largest absolute Gasteiger partial charge is 0.471 e. The third-order valence-corrected chi connectivity index (χ3v) is 12.9. The van der Waals surface area contributed by atoms with Crippen molar-refractivity contribution in [1.82, 2.24) is 36.0 Å². The van der Waals surface area contributed by atoms with Crippen LogP contribution in [0.1, 0.15) is 92.0 Å². The number of carbonyl (C=O) groups excluding carboxylic acids is 4. The number of nitrogens with zero attached hydrogens (tertiary/aromatic N) is 4. The molecule has 0 saturated carbocycles. The summed E-state index contributed by atoms with van der Waals surface area (Å²) in [7, 11) is 0. The maximum Gasteiger partial charge on any atom is 0.471 e. The highest BCUT2D eigenvalue weighted by molar-refractivity contribution is 7.10. The number of hydrogen-bond acceptors (Lipinski definition) is 11. The van der Waals surface area contributed by atoms with Crippen molar-refractivity contribution in [2.75, 3.05) is 26.2 Å². The summed E-state index contributed by atoms with van der Waals surface area (Å²) in [6.07, 6.45) is -0.451. The number of alkyl halides is 3. The Morgan fingerprint density at radius 3 is 2.21 bits per heavy atom. The minimum absolute atomic E-state index is 0.0592. The van der Waals surface area contributed by atoms with E-state index in [1.807, 2.05) is 84.8 Å². The van der Waals surface area contributed by atoms with Crippen LogP contribution in [-0.2, 0) is 32.4 Å². The van der Waals surface area contributed by atoms with Crippen LogP contribution in [0.4, 0.5) is 13.2 Å². The molecule has 0 unspecified atom stereocenters. The van der Waals surface area contributed by atoms with E-state index in [9.17, 15) is 37.5 Å². The van der Waals surface area contributed by atoms with E-state index in [1.54, 1.807) is 6.07 Å². The van der Waals surface area contributed by atoms with Gasteiger partial charge in [-0.25, -0.2) is 4.98 Å². The first-order valence-corrected chi connectivity index (χ1v) is 23.2. The average Bonchev–Trinajstić information content (AvgIpc) is 4.04. The van der Waals surface area contributed by atoms with Crippen molar-refractivity contribution in [3.8, 4) is 22.6 Å². The number of hydrogen-bond donors (Lipinski definition) is 5. The van der Waals surface area contributed by atoms with Crippen molar-refractivity contribution in [1.29, 1.82) is 0 Å². The van der Waals surface area contributed by atoms with E-state index in [1.165, 1.54) is 29.5 Å². The molecule has 4 amide bonds. The van der Waals surface area contributed by atoms with Crippen LogP contribution in [0.5, 0.6) is 0 Å². The quantitative estimate of drug-likeness (QED) is 0.0493. The molecule has 1 aliphatic rings. The summed E-state index contributed by atoms with van der Waals surface area (Å²) in [5, 5.41) is 25.4. The van der Waals surface area contributed by atoms with Crippen molar-refractivity contribution in [2.24, 2.45) is 11.7 Å². The Bertz CT molecular complexity index is 2370. The number of likely N-dealkylation sites (tertiary alicyclic amines) is 1. The van der Waals surface area contributed by atoms with Gasteiger partial charge in [-0.1, -0.05) is 111 Å². The zero-order valence-electron chi connectivity index (χ0n) is 37.1. The molecule has 352 valence electrons. The summed E-state index contributed by atoms with van der Waals surface area (Å²) in [4.78, 5) is 63.1. The smallest absolute Gasteiger partial charge is 0.382 e. The third kappa shape index (κ3) is 13.3. The van der Waals surface area contributed by atoms with E-state index in [4.69, 9.17) is 10.7 Å². The Hall–Kier alpha value is -5.98. The van der Waals surface area contributed by atoms with E-state index in [0.717, 1.165) is 47.5 Å². The number of rotatable bonds is 21. The Kier molecular flexibility index (Phi) is 17.2. The summed E-state index contributed by atoms with van der Waals surface area (Å²) in [6.45, 7) is 5.23. The van der Waals surface area contributed by atoms with Crippen molar-refractivity contribution >= 4 is 35.0 Å². The number of thiazole rings is 1. The van der Waals surface area contributed by atoms with Crippen LogP contribution in [0.15, 0.2) is 94.8 Å². The average molecular weight is 931 g/mol. The van der Waals surface area contributed by atoms with Gasteiger partial charge in [-0.05, 0) is 55.7 Å². The van der Waals surface area contributed by atoms with Gasteiger partial charge >= 0.3 is 12.1 Å². The van der Waals surface area contributed by atoms with Crippen LogP contribution < -0.4 is 21.7 Å². The fraction of sp³-hybridized carbons (Fsp3) is 0.438. The summed E-state index contributed by atoms with van der Waals surface area (Å²) < 4.78 is 43.6. The predicted molar refractivity (Wildman–Crippen MR) is 244 cm³/mol. The Labute approximate surface area is 386 Å². The second kappa shape index (κ2) is 23.0. The third-order valence-electron chi connectivity index (χ3n) is 11.8. The molecule has 14 nitrogen and oxygen atoms in total. The molecule has 6 N–H and O–H groups in total. The lowest BCUT2D eigenvalue weighted by molar-refractivity contribution is -0.159. The lowest BCUT2D eigenvalue weighted by Gasteiger charge is -2.40. The second-order valence-electron chi connectivity index (χ2n) is 17.1. The summed E-state index contributed by atoms with van der Waals surface area (Å²) in [5.74, 6) is -3.37. The number of amides is 4. The fourth-order valence-electron chi connectivity index (χ4n) is 7.89. The zero-order valence-corrected chi connectivity index (χ0v) is 37.9. The topological polar surface area (TPSA) is 206 Å². The minimum Gasteiger partial charge on any atom is -0.382 e. The molecule has 18 heteroatoms. The highest BCUT2D eigenvalue weighted by atomic mass is 32.1. The van der Waals surface area contributed by atoms with E-state index < -0.39 is 47.5 Å². The van der Waals surface area contributed by atoms with E-state index in [2.05, 4.69) is 30.6 Å². The van der Waals surface area contributed by atoms with Crippen LogP contribution in [-0.4, -0.2) is 93.1 Å². The normalized spacial score (nSPS) is 15.2. The number of aliphatic hydroxyl groups is 1. The molecule has 1 aliphatic heterocycles. The molecule has 2 aromatic heterocycles. The van der Waals surface area contributed by atoms with Crippen molar-refractivity contribution in [3.05, 3.63) is 112 Å². The van der Waals surface area contributed by atoms with Crippen molar-refractivity contribution in [3.63, 3.8) is 0 Å². The van der Waals surface area contributed by atoms with Crippen LogP contribution in [0.3, 0.4) is 0 Å². The van der Waals surface area contributed by atoms with Gasteiger partial charge in [0.25, 0.3) is 11.8 Å². The molecule has 1 saturated heterocycles. The molecule has 0 radical (unpaired) electrons. The fourth-order valence-corrected chi connectivity index (χ4v) is 8.98. The number of nitrogens with one attached hydrogen (secondary N) is 3. The van der Waals surface area contributed by atoms with E-state index >= 15 is 0 Å². The summed E-state index contributed by atoms with van der Waals surface area (Å²) >= 11 is 1.51. The van der Waals surface area contributed by atoms with Gasteiger partial charge in [-0.15, -0.1) is 11.3 Å². The lowest BCUT2D eigenvalue weighted by atomic mass is 9.78. The molecule has 1 fully saturated rings. The van der Waals surface area contributed by atoms with Gasteiger partial charge < -0.3 is 36.2 Å². The Balaban J connectivity index is 0.948. The van der Waals surface area contributed by atoms with Crippen LogP contribution in [0.25, 0.3) is 22.6 Å². The van der Waals surface area contributed by atoms with Crippen LogP contribution >= 0.6 is 11.3 Å². The first-order valence-electron chi connectivity index (χ1n) is 22.3. The van der Waals surface area contributed by atoms with E-state index in [0.29, 0.717) is 51.7 Å². The minimum atomic E-state index is -4.80. The summed E-state index contributed by atoms with van der Waals surface area (Å²) in [5.41, 5.74) is 8.61. The monoisotopic (exact) mass is 930 g/mol. The number of unbranched alkanes of at least 4 members (excludes halogenated alkanes) is 4. The van der Waals surface area contributed by atoms with Gasteiger partial charge in [0.1, 0.15) is 17.2 Å². The van der Waals surface area contributed by atoms with E-state index in [-0.39, 0.29) is 41.2 Å². The molecular formula is C48H57F3N8O6S. The molecule has 66 heavy (non-hydrogen) atoms. The van der Waals surface area contributed by atoms with Crippen LogP contribution in [0, 0.1) is 5.92 Å². The molecule has 5 aromatic rings. The standard InChI is InChI=1S/C48H57F3N8O6S/c1-31(2)39(56-44(64)40(61)36(52)27-32-15-8-6-9-16-32)43(63)53-24-13-5-3-4-12-21-38(60)59-25-22-47(23-26-59,46-55-37(29-66-46)33-17-10-7-11-18-33)30-54-42(62)35-20-14-19-34(28-35)41-57-45(65-58-41)48(49,50)51/h6-11,14-20,28-29,31,36,39-40,61H,3-5,12-13,21-27,30,52H2,1-2H3,(H,53,63)(H,54,62)(H,56,64)/t36-,39+,40+/m1/s1. The number of aliphatic hydroxyl groups excluding tert-OH is 1. The van der Waals surface area contributed by atoms with Gasteiger partial charge in [0, 0.05) is 66.1 Å². The second-order valence-corrected chi connectivity index (χ2v) is 17.9. The van der Waals surface area contributed by atoms with Gasteiger partial charge in [0.05, 0.1) is 5.69 Å². The van der Waals surface area contributed by atoms with Gasteiger partial charge in [-0.2, -0.15) is 18.2 Å². The maximum atomic E-state index is 13.6. The number of aromatic nitrogens is 3. The number of benzene rings is 3. The maximum absolute atomic E-state index is 13.6. The first-order chi connectivity index (χ1) is 31.6. The molecule has 6 rings (SSSR count). The molecule has 3 atom stereocenters.